The zero-order valence-electron chi connectivity index (χ0n) is 17.0. The van der Waals surface area contributed by atoms with Crippen molar-refractivity contribution in [2.24, 2.45) is 5.14 Å². The number of carbonyl (C=O) groups excluding carboxylic acids is 2. The Bertz CT molecular complexity index is 1250. The highest BCUT2D eigenvalue weighted by Gasteiger charge is 2.38. The van der Waals surface area contributed by atoms with Crippen LogP contribution in [0.5, 0.6) is 5.75 Å². The van der Waals surface area contributed by atoms with E-state index in [9.17, 15) is 18.0 Å². The van der Waals surface area contributed by atoms with Crippen LogP contribution in [0.4, 0.5) is 11.4 Å². The maximum atomic E-state index is 13.3. The van der Waals surface area contributed by atoms with Gasteiger partial charge in [-0.3, -0.25) is 14.5 Å². The van der Waals surface area contributed by atoms with E-state index in [4.69, 9.17) is 9.88 Å². The molecule has 9 heteroatoms. The van der Waals surface area contributed by atoms with E-state index in [1.165, 1.54) is 23.1 Å². The van der Waals surface area contributed by atoms with Crippen LogP contribution in [0, 0.1) is 0 Å². The minimum absolute atomic E-state index is 0.0158. The normalized spacial score (nSPS) is 15.6. The Labute approximate surface area is 185 Å². The first-order chi connectivity index (χ1) is 15.3. The predicted molar refractivity (Wildman–Crippen MR) is 120 cm³/mol. The molecule has 0 saturated carbocycles. The third-order valence-electron chi connectivity index (χ3n) is 5.03. The van der Waals surface area contributed by atoms with Gasteiger partial charge < -0.3 is 10.1 Å². The van der Waals surface area contributed by atoms with E-state index < -0.39 is 22.0 Å². The van der Waals surface area contributed by atoms with Crippen LogP contribution in [0.15, 0.2) is 83.8 Å². The van der Waals surface area contributed by atoms with Gasteiger partial charge in [-0.15, -0.1) is 0 Å². The Morgan fingerprint density at radius 2 is 1.66 bits per heavy atom. The minimum atomic E-state index is -3.98. The molecule has 1 atom stereocenters. The van der Waals surface area contributed by atoms with Gasteiger partial charge in [-0.25, -0.2) is 13.6 Å². The molecule has 4 rings (SSSR count). The number of anilines is 2. The summed E-state index contributed by atoms with van der Waals surface area (Å²) in [5, 5.41) is 7.92. The summed E-state index contributed by atoms with van der Waals surface area (Å²) in [5.41, 5.74) is 1.21. The molecule has 0 fully saturated rings. The number of primary sulfonamides is 1. The largest absolute Gasteiger partial charge is 0.493 e. The van der Waals surface area contributed by atoms with Crippen LogP contribution in [0.1, 0.15) is 18.0 Å². The second-order valence-corrected chi connectivity index (χ2v) is 8.76. The number of fused-ring (bicyclic) bond motifs is 1. The van der Waals surface area contributed by atoms with Gasteiger partial charge in [0.25, 0.3) is 5.91 Å². The standard InChI is InChI=1S/C23H21N3O5S/c24-32(29,30)18-11-12-20-19(15-18)25-23(28)22(16-7-3-1-4-8-16)26(20)21(27)13-14-31-17-9-5-2-6-10-17/h1-12,15,22H,13-14H2,(H,25,28)(H2,24,29,30). The van der Waals surface area contributed by atoms with Gasteiger partial charge >= 0.3 is 0 Å². The number of hydrogen-bond acceptors (Lipinski definition) is 5. The first-order valence-electron chi connectivity index (χ1n) is 9.87. The highest BCUT2D eigenvalue weighted by Crippen LogP contribution is 2.39. The van der Waals surface area contributed by atoms with Crippen molar-refractivity contribution in [3.63, 3.8) is 0 Å². The first kappa shape index (κ1) is 21.5. The lowest BCUT2D eigenvalue weighted by molar-refractivity contribution is -0.124. The van der Waals surface area contributed by atoms with Crippen LogP contribution in [-0.4, -0.2) is 26.8 Å². The van der Waals surface area contributed by atoms with Crippen molar-refractivity contribution in [3.05, 3.63) is 84.4 Å². The highest BCUT2D eigenvalue weighted by atomic mass is 32.2. The number of rotatable bonds is 6. The van der Waals surface area contributed by atoms with Gasteiger partial charge in [0, 0.05) is 0 Å². The third kappa shape index (κ3) is 4.48. The molecule has 0 bridgehead atoms. The molecule has 3 aromatic carbocycles. The second-order valence-electron chi connectivity index (χ2n) is 7.20. The van der Waals surface area contributed by atoms with Gasteiger partial charge in [0.05, 0.1) is 29.3 Å². The molecule has 8 nitrogen and oxygen atoms in total. The predicted octanol–water partition coefficient (Wildman–Crippen LogP) is 2.83. The lowest BCUT2D eigenvalue weighted by atomic mass is 9.99. The van der Waals surface area contributed by atoms with Crippen molar-refractivity contribution in [1.29, 1.82) is 0 Å². The van der Waals surface area contributed by atoms with E-state index >= 15 is 0 Å². The molecular formula is C23H21N3O5S. The summed E-state index contributed by atoms with van der Waals surface area (Å²) in [6.07, 6.45) is 0.0158. The number of para-hydroxylation sites is 1. The van der Waals surface area contributed by atoms with Crippen molar-refractivity contribution >= 4 is 33.2 Å². The van der Waals surface area contributed by atoms with Crippen molar-refractivity contribution in [1.82, 2.24) is 0 Å². The number of carbonyl (C=O) groups is 2. The van der Waals surface area contributed by atoms with E-state index in [0.29, 0.717) is 17.0 Å². The minimum Gasteiger partial charge on any atom is -0.493 e. The lowest BCUT2D eigenvalue weighted by Crippen LogP contribution is -2.45. The Balaban J connectivity index is 1.67. The molecule has 1 heterocycles. The fourth-order valence-corrected chi connectivity index (χ4v) is 4.11. The molecule has 3 aromatic rings. The van der Waals surface area contributed by atoms with Gasteiger partial charge in [-0.2, -0.15) is 0 Å². The molecule has 32 heavy (non-hydrogen) atoms. The molecule has 2 amide bonds. The zero-order chi connectivity index (χ0) is 22.7. The van der Waals surface area contributed by atoms with Gasteiger partial charge in [-0.05, 0) is 35.9 Å². The summed E-state index contributed by atoms with van der Waals surface area (Å²) in [6, 6.07) is 21.1. The van der Waals surface area contributed by atoms with E-state index in [1.54, 1.807) is 36.4 Å². The molecule has 0 radical (unpaired) electrons. The van der Waals surface area contributed by atoms with Crippen LogP contribution < -0.4 is 20.1 Å². The molecule has 0 aliphatic carbocycles. The summed E-state index contributed by atoms with van der Waals surface area (Å²) in [7, 11) is -3.98. The average molecular weight is 452 g/mol. The summed E-state index contributed by atoms with van der Waals surface area (Å²) in [5.74, 6) is -0.156. The molecule has 1 aliphatic heterocycles. The van der Waals surface area contributed by atoms with E-state index in [0.717, 1.165) is 0 Å². The van der Waals surface area contributed by atoms with Crippen molar-refractivity contribution in [3.8, 4) is 5.75 Å². The fraction of sp³-hybridized carbons (Fsp3) is 0.130. The molecule has 0 spiro atoms. The number of nitrogens with two attached hydrogens (primary N) is 1. The van der Waals surface area contributed by atoms with E-state index in [2.05, 4.69) is 5.32 Å². The topological polar surface area (TPSA) is 119 Å². The number of nitrogens with zero attached hydrogens (tertiary/aromatic N) is 1. The lowest BCUT2D eigenvalue weighted by Gasteiger charge is -2.37. The Hall–Kier alpha value is -3.69. The second kappa shape index (κ2) is 8.81. The summed E-state index contributed by atoms with van der Waals surface area (Å²) in [6.45, 7) is 0.118. The molecule has 164 valence electrons. The van der Waals surface area contributed by atoms with Crippen molar-refractivity contribution in [2.75, 3.05) is 16.8 Å². The van der Waals surface area contributed by atoms with E-state index in [-0.39, 0.29) is 29.5 Å². The summed E-state index contributed by atoms with van der Waals surface area (Å²) < 4.78 is 29.1. The maximum Gasteiger partial charge on any atom is 0.252 e. The molecular weight excluding hydrogens is 430 g/mol. The van der Waals surface area contributed by atoms with E-state index in [1.807, 2.05) is 24.3 Å². The van der Waals surface area contributed by atoms with Crippen LogP contribution in [-0.2, 0) is 19.6 Å². The molecule has 1 unspecified atom stereocenters. The van der Waals surface area contributed by atoms with Crippen LogP contribution in [0.2, 0.25) is 0 Å². The maximum absolute atomic E-state index is 13.3. The average Bonchev–Trinajstić information content (AvgIpc) is 2.78. The Morgan fingerprint density at radius 1 is 1.00 bits per heavy atom. The number of hydrogen-bond donors (Lipinski definition) is 2. The van der Waals surface area contributed by atoms with Crippen LogP contribution >= 0.6 is 0 Å². The quantitative estimate of drug-likeness (QED) is 0.597. The molecule has 3 N–H and O–H groups in total. The third-order valence-corrected chi connectivity index (χ3v) is 5.94. The molecule has 1 aliphatic rings. The summed E-state index contributed by atoms with van der Waals surface area (Å²) in [4.78, 5) is 27.5. The number of benzene rings is 3. The molecule has 0 aromatic heterocycles. The van der Waals surface area contributed by atoms with Gasteiger partial charge in [-0.1, -0.05) is 48.5 Å². The first-order valence-corrected chi connectivity index (χ1v) is 11.4. The number of amides is 2. The SMILES string of the molecule is NS(=O)(=O)c1ccc2c(c1)NC(=O)C(c1ccccc1)N2C(=O)CCOc1ccccc1. The fourth-order valence-electron chi connectivity index (χ4n) is 3.57. The van der Waals surface area contributed by atoms with Crippen LogP contribution in [0.25, 0.3) is 0 Å². The van der Waals surface area contributed by atoms with Crippen LogP contribution in [0.3, 0.4) is 0 Å². The molecule has 0 saturated heterocycles. The van der Waals surface area contributed by atoms with Gasteiger partial charge in [0.1, 0.15) is 11.8 Å². The van der Waals surface area contributed by atoms with Crippen molar-refractivity contribution < 1.29 is 22.7 Å². The van der Waals surface area contributed by atoms with Gasteiger partial charge in [0.2, 0.25) is 15.9 Å². The van der Waals surface area contributed by atoms with Crippen molar-refractivity contribution in [2.45, 2.75) is 17.4 Å². The summed E-state index contributed by atoms with van der Waals surface area (Å²) >= 11 is 0. The monoisotopic (exact) mass is 451 g/mol. The zero-order valence-corrected chi connectivity index (χ0v) is 17.8. The smallest absolute Gasteiger partial charge is 0.252 e. The number of nitrogens with one attached hydrogen (secondary N) is 1. The number of sulfonamides is 1. The highest BCUT2D eigenvalue weighted by molar-refractivity contribution is 7.89. The number of ether oxygens (including phenoxy) is 1. The van der Waals surface area contributed by atoms with Gasteiger partial charge in [0.15, 0.2) is 0 Å². The Morgan fingerprint density at radius 3 is 2.31 bits per heavy atom. The Kier molecular flexibility index (Phi) is 5.93.